The van der Waals surface area contributed by atoms with E-state index in [-0.39, 0.29) is 18.0 Å². The molecule has 0 saturated carbocycles. The van der Waals surface area contributed by atoms with Crippen molar-refractivity contribution in [3.8, 4) is 0 Å². The average Bonchev–Trinajstić information content (AvgIpc) is 2.41. The summed E-state index contributed by atoms with van der Waals surface area (Å²) in [6.07, 6.45) is 1.34. The lowest BCUT2D eigenvalue weighted by Crippen LogP contribution is -2.57. The Morgan fingerprint density at radius 3 is 2.74 bits per heavy atom. The van der Waals surface area contributed by atoms with Gasteiger partial charge in [0, 0.05) is 31.4 Å². The van der Waals surface area contributed by atoms with Crippen LogP contribution < -0.4 is 11.1 Å². The number of nitrogens with two attached hydrogens (primary N) is 1. The Hall–Kier alpha value is -1.95. The van der Waals surface area contributed by atoms with Crippen molar-refractivity contribution < 1.29 is 9.59 Å². The Kier molecular flexibility index (Phi) is 3.80. The number of pyridine rings is 1. The molecule has 1 aromatic rings. The Labute approximate surface area is 112 Å². The van der Waals surface area contributed by atoms with Crippen LogP contribution >= 0.6 is 0 Å². The number of hydrogen-bond acceptors (Lipinski definition) is 4. The van der Waals surface area contributed by atoms with Crippen molar-refractivity contribution in [2.24, 2.45) is 5.73 Å². The van der Waals surface area contributed by atoms with Crippen LogP contribution in [0.5, 0.6) is 0 Å². The van der Waals surface area contributed by atoms with E-state index in [1.807, 2.05) is 13.8 Å². The molecule has 0 bridgehead atoms. The fourth-order valence-electron chi connectivity index (χ4n) is 2.16. The van der Waals surface area contributed by atoms with E-state index in [1.54, 1.807) is 11.0 Å². The van der Waals surface area contributed by atoms with E-state index in [0.717, 1.165) is 6.54 Å². The zero-order chi connectivity index (χ0) is 14.0. The van der Waals surface area contributed by atoms with Crippen LogP contribution in [0.3, 0.4) is 0 Å². The first-order valence-electron chi connectivity index (χ1n) is 6.31. The van der Waals surface area contributed by atoms with Crippen LogP contribution in [0.15, 0.2) is 18.3 Å². The Bertz CT molecular complexity index is 486. The third-order valence-electron chi connectivity index (χ3n) is 3.56. The van der Waals surface area contributed by atoms with Crippen molar-refractivity contribution in [3.63, 3.8) is 0 Å². The molecule has 2 amide bonds. The number of hydrogen-bond donors (Lipinski definition) is 2. The molecule has 0 aromatic carbocycles. The van der Waals surface area contributed by atoms with Crippen LogP contribution in [0.1, 0.15) is 34.7 Å². The predicted molar refractivity (Wildman–Crippen MR) is 70.7 cm³/mol. The number of piperazine rings is 1. The fraction of sp³-hybridized carbons (Fsp3) is 0.462. The van der Waals surface area contributed by atoms with E-state index in [0.29, 0.717) is 17.8 Å². The molecule has 1 aromatic heterocycles. The smallest absolute Gasteiger partial charge is 0.272 e. The first kappa shape index (κ1) is 13.5. The minimum atomic E-state index is -0.546. The summed E-state index contributed by atoms with van der Waals surface area (Å²) in [7, 11) is 0. The van der Waals surface area contributed by atoms with Gasteiger partial charge in [-0.3, -0.25) is 14.6 Å². The Morgan fingerprint density at radius 1 is 1.42 bits per heavy atom. The largest absolute Gasteiger partial charge is 0.366 e. The number of nitrogens with one attached hydrogen (secondary N) is 1. The molecule has 2 atom stereocenters. The van der Waals surface area contributed by atoms with E-state index >= 15 is 0 Å². The second kappa shape index (κ2) is 5.36. The van der Waals surface area contributed by atoms with E-state index < -0.39 is 5.91 Å². The van der Waals surface area contributed by atoms with Gasteiger partial charge in [0.1, 0.15) is 5.69 Å². The Balaban J connectivity index is 2.17. The molecular formula is C13H18N4O2. The van der Waals surface area contributed by atoms with Crippen LogP contribution in [0.2, 0.25) is 0 Å². The molecule has 1 saturated heterocycles. The molecule has 0 spiro atoms. The highest BCUT2D eigenvalue weighted by Crippen LogP contribution is 2.13. The van der Waals surface area contributed by atoms with Crippen LogP contribution in [-0.4, -0.2) is 46.9 Å². The van der Waals surface area contributed by atoms with Gasteiger partial charge < -0.3 is 16.0 Å². The molecule has 2 rings (SSSR count). The average molecular weight is 262 g/mol. The number of rotatable bonds is 2. The molecule has 3 N–H and O–H groups in total. The summed E-state index contributed by atoms with van der Waals surface area (Å²) in [5.74, 6) is -0.660. The molecule has 6 nitrogen and oxygen atoms in total. The van der Waals surface area contributed by atoms with Crippen molar-refractivity contribution in [1.82, 2.24) is 15.2 Å². The number of nitrogens with zero attached hydrogens (tertiary/aromatic N) is 2. The molecule has 0 aliphatic carbocycles. The van der Waals surface area contributed by atoms with Crippen molar-refractivity contribution >= 4 is 11.8 Å². The fourth-order valence-corrected chi connectivity index (χ4v) is 2.16. The maximum atomic E-state index is 12.4. The van der Waals surface area contributed by atoms with E-state index in [9.17, 15) is 9.59 Å². The number of aromatic nitrogens is 1. The van der Waals surface area contributed by atoms with Gasteiger partial charge in [-0.25, -0.2) is 0 Å². The van der Waals surface area contributed by atoms with Crippen molar-refractivity contribution in [3.05, 3.63) is 29.6 Å². The molecule has 6 heteroatoms. The molecule has 1 aliphatic rings. The van der Waals surface area contributed by atoms with Crippen molar-refractivity contribution in [2.75, 3.05) is 13.1 Å². The van der Waals surface area contributed by atoms with Gasteiger partial charge in [0.15, 0.2) is 0 Å². The minimum absolute atomic E-state index is 0.110. The quantitative estimate of drug-likeness (QED) is 0.785. The molecule has 2 heterocycles. The van der Waals surface area contributed by atoms with Gasteiger partial charge in [0.05, 0.1) is 5.56 Å². The summed E-state index contributed by atoms with van der Waals surface area (Å²) in [6, 6.07) is 3.43. The normalized spacial score (nSPS) is 23.2. The second-order valence-electron chi connectivity index (χ2n) is 4.78. The summed E-state index contributed by atoms with van der Waals surface area (Å²) < 4.78 is 0. The molecule has 1 aliphatic heterocycles. The topological polar surface area (TPSA) is 88.3 Å². The van der Waals surface area contributed by atoms with Crippen LogP contribution in [0, 0.1) is 0 Å². The lowest BCUT2D eigenvalue weighted by atomic mass is 10.1. The highest BCUT2D eigenvalue weighted by atomic mass is 16.2. The highest BCUT2D eigenvalue weighted by Gasteiger charge is 2.29. The minimum Gasteiger partial charge on any atom is -0.366 e. The molecule has 1 fully saturated rings. The summed E-state index contributed by atoms with van der Waals surface area (Å²) in [6.45, 7) is 5.49. The van der Waals surface area contributed by atoms with E-state index in [1.165, 1.54) is 12.3 Å². The van der Waals surface area contributed by atoms with E-state index in [2.05, 4.69) is 10.3 Å². The highest BCUT2D eigenvalue weighted by molar-refractivity contribution is 5.95. The SMILES string of the molecule is CC1NCCN(C(=O)c2ccc(C(N)=O)cn2)C1C. The summed E-state index contributed by atoms with van der Waals surface area (Å²) in [5, 5.41) is 3.32. The second-order valence-corrected chi connectivity index (χ2v) is 4.78. The van der Waals surface area contributed by atoms with Crippen LogP contribution in [0.4, 0.5) is 0 Å². The van der Waals surface area contributed by atoms with Gasteiger partial charge in [0.25, 0.3) is 5.91 Å². The molecule has 0 radical (unpaired) electrons. The van der Waals surface area contributed by atoms with Gasteiger partial charge in [-0.2, -0.15) is 0 Å². The van der Waals surface area contributed by atoms with E-state index in [4.69, 9.17) is 5.73 Å². The number of carbonyl (C=O) groups excluding carboxylic acids is 2. The number of carbonyl (C=O) groups is 2. The third-order valence-corrected chi connectivity index (χ3v) is 3.56. The lowest BCUT2D eigenvalue weighted by molar-refractivity contribution is 0.0596. The molecule has 102 valence electrons. The maximum absolute atomic E-state index is 12.4. The van der Waals surface area contributed by atoms with Gasteiger partial charge in [-0.1, -0.05) is 0 Å². The van der Waals surface area contributed by atoms with Crippen molar-refractivity contribution in [2.45, 2.75) is 25.9 Å². The lowest BCUT2D eigenvalue weighted by Gasteiger charge is -2.38. The zero-order valence-electron chi connectivity index (χ0n) is 11.1. The zero-order valence-corrected chi connectivity index (χ0v) is 11.1. The van der Waals surface area contributed by atoms with Gasteiger partial charge >= 0.3 is 0 Å². The molecule has 19 heavy (non-hydrogen) atoms. The number of amides is 2. The Morgan fingerprint density at radius 2 is 2.16 bits per heavy atom. The first-order valence-corrected chi connectivity index (χ1v) is 6.31. The van der Waals surface area contributed by atoms with Gasteiger partial charge in [0.2, 0.25) is 5.91 Å². The monoisotopic (exact) mass is 262 g/mol. The van der Waals surface area contributed by atoms with Gasteiger partial charge in [-0.05, 0) is 26.0 Å². The maximum Gasteiger partial charge on any atom is 0.272 e. The summed E-state index contributed by atoms with van der Waals surface area (Å²) in [5.41, 5.74) is 5.78. The number of primary amides is 1. The van der Waals surface area contributed by atoms with Crippen molar-refractivity contribution in [1.29, 1.82) is 0 Å². The third kappa shape index (κ3) is 2.73. The summed E-state index contributed by atoms with van der Waals surface area (Å²) in [4.78, 5) is 29.1. The van der Waals surface area contributed by atoms with Crippen LogP contribution in [-0.2, 0) is 0 Å². The predicted octanol–water partition coefficient (Wildman–Crippen LogP) is 0.00290. The van der Waals surface area contributed by atoms with Crippen LogP contribution in [0.25, 0.3) is 0 Å². The summed E-state index contributed by atoms with van der Waals surface area (Å²) >= 11 is 0. The first-order chi connectivity index (χ1) is 9.00. The standard InChI is InChI=1S/C13H18N4O2/c1-8-9(2)17(6-5-15-8)13(19)11-4-3-10(7-16-11)12(14)18/h3-4,7-9,15H,5-6H2,1-2H3,(H2,14,18). The van der Waals surface area contributed by atoms with Gasteiger partial charge in [-0.15, -0.1) is 0 Å². The molecular weight excluding hydrogens is 244 g/mol. The molecule has 2 unspecified atom stereocenters.